The number of fused-ring (bicyclic) bond motifs is 1. The van der Waals surface area contributed by atoms with E-state index in [0.29, 0.717) is 24.5 Å². The molecule has 0 fully saturated rings. The first-order valence-corrected chi connectivity index (χ1v) is 12.9. The maximum absolute atomic E-state index is 13.1. The summed E-state index contributed by atoms with van der Waals surface area (Å²) in [6.07, 6.45) is 0.165. The Labute approximate surface area is 228 Å². The van der Waals surface area contributed by atoms with Crippen LogP contribution >= 0.6 is 11.6 Å². The SMILES string of the molecule is COC(=O)C1(C(=O)OC)Cc2cc(CC(C)NC[C@H](O)c3cccc(Cl)c3)ccc2N1Cc1ccccc1. The summed E-state index contributed by atoms with van der Waals surface area (Å²) in [4.78, 5) is 28.1. The normalized spacial score (nSPS) is 15.4. The van der Waals surface area contributed by atoms with Crippen LogP contribution in [0, 0.1) is 0 Å². The molecule has 0 aromatic heterocycles. The van der Waals surface area contributed by atoms with Crippen LogP contribution in [0.1, 0.15) is 35.3 Å². The van der Waals surface area contributed by atoms with Crippen molar-refractivity contribution in [1.29, 1.82) is 0 Å². The summed E-state index contributed by atoms with van der Waals surface area (Å²) in [5, 5.41) is 14.5. The summed E-state index contributed by atoms with van der Waals surface area (Å²) < 4.78 is 10.3. The van der Waals surface area contributed by atoms with Crippen molar-refractivity contribution in [2.45, 2.75) is 44.0 Å². The molecule has 0 amide bonds. The van der Waals surface area contributed by atoms with E-state index in [1.165, 1.54) is 14.2 Å². The van der Waals surface area contributed by atoms with Gasteiger partial charge in [-0.1, -0.05) is 66.2 Å². The van der Waals surface area contributed by atoms with E-state index in [4.69, 9.17) is 21.1 Å². The fraction of sp³-hybridized carbons (Fsp3) is 0.333. The van der Waals surface area contributed by atoms with Crippen LogP contribution < -0.4 is 10.2 Å². The van der Waals surface area contributed by atoms with Crippen molar-refractivity contribution >= 4 is 29.2 Å². The summed E-state index contributed by atoms with van der Waals surface area (Å²) in [6.45, 7) is 2.77. The number of methoxy groups -OCH3 is 2. The van der Waals surface area contributed by atoms with Gasteiger partial charge < -0.3 is 24.8 Å². The van der Waals surface area contributed by atoms with Crippen LogP contribution in [0.3, 0.4) is 0 Å². The minimum atomic E-state index is -1.61. The highest BCUT2D eigenvalue weighted by Gasteiger charge is 2.58. The number of hydrogen-bond acceptors (Lipinski definition) is 7. The van der Waals surface area contributed by atoms with Crippen LogP contribution in [0.25, 0.3) is 0 Å². The number of esters is 2. The van der Waals surface area contributed by atoms with Crippen molar-refractivity contribution in [2.75, 3.05) is 25.7 Å². The third-order valence-electron chi connectivity index (χ3n) is 7.01. The smallest absolute Gasteiger partial charge is 0.343 e. The first-order valence-electron chi connectivity index (χ1n) is 12.6. The van der Waals surface area contributed by atoms with Crippen LogP contribution in [0.5, 0.6) is 0 Å². The Morgan fingerprint density at radius 2 is 1.71 bits per heavy atom. The monoisotopic (exact) mass is 536 g/mol. The molecular formula is C30H33ClN2O5. The van der Waals surface area contributed by atoms with E-state index in [1.54, 1.807) is 17.0 Å². The summed E-state index contributed by atoms with van der Waals surface area (Å²) in [5.74, 6) is -1.30. The molecule has 8 heteroatoms. The van der Waals surface area contributed by atoms with Gasteiger partial charge in [-0.2, -0.15) is 0 Å². The molecule has 7 nitrogen and oxygen atoms in total. The number of carbonyl (C=O) groups excluding carboxylic acids is 2. The second-order valence-electron chi connectivity index (χ2n) is 9.64. The fourth-order valence-corrected chi connectivity index (χ4v) is 5.29. The van der Waals surface area contributed by atoms with Crippen molar-refractivity contribution in [3.63, 3.8) is 0 Å². The van der Waals surface area contributed by atoms with E-state index in [0.717, 1.165) is 27.9 Å². The Morgan fingerprint density at radius 3 is 2.37 bits per heavy atom. The minimum absolute atomic E-state index is 0.0645. The molecule has 0 radical (unpaired) electrons. The third kappa shape index (κ3) is 5.70. The Morgan fingerprint density at radius 1 is 1.00 bits per heavy atom. The predicted molar refractivity (Wildman–Crippen MR) is 147 cm³/mol. The number of aliphatic hydroxyl groups is 1. The minimum Gasteiger partial charge on any atom is -0.467 e. The first-order chi connectivity index (χ1) is 18.3. The summed E-state index contributed by atoms with van der Waals surface area (Å²) in [6, 6.07) is 22.9. The predicted octanol–water partition coefficient (Wildman–Crippen LogP) is 4.24. The van der Waals surface area contributed by atoms with E-state index in [9.17, 15) is 14.7 Å². The number of aliphatic hydroxyl groups excluding tert-OH is 1. The van der Waals surface area contributed by atoms with Crippen molar-refractivity contribution in [3.8, 4) is 0 Å². The van der Waals surface area contributed by atoms with Crippen LogP contribution in [0.2, 0.25) is 5.02 Å². The fourth-order valence-electron chi connectivity index (χ4n) is 5.09. The highest BCUT2D eigenvalue weighted by molar-refractivity contribution is 6.30. The molecule has 0 spiro atoms. The van der Waals surface area contributed by atoms with Gasteiger partial charge in [0.1, 0.15) is 0 Å². The zero-order valence-corrected chi connectivity index (χ0v) is 22.6. The molecule has 2 N–H and O–H groups in total. The van der Waals surface area contributed by atoms with Gasteiger partial charge in [-0.05, 0) is 53.8 Å². The maximum Gasteiger partial charge on any atom is 0.343 e. The molecule has 0 aliphatic carbocycles. The van der Waals surface area contributed by atoms with Crippen molar-refractivity contribution in [1.82, 2.24) is 5.32 Å². The molecule has 1 aliphatic rings. The number of rotatable bonds is 10. The summed E-state index contributed by atoms with van der Waals surface area (Å²) >= 11 is 6.05. The number of benzene rings is 3. The number of nitrogens with one attached hydrogen (secondary N) is 1. The lowest BCUT2D eigenvalue weighted by Gasteiger charge is -2.35. The van der Waals surface area contributed by atoms with Gasteiger partial charge >= 0.3 is 11.9 Å². The average molecular weight is 537 g/mol. The Kier molecular flexibility index (Phi) is 8.72. The molecular weight excluding hydrogens is 504 g/mol. The van der Waals surface area contributed by atoms with Gasteiger partial charge in [-0.3, -0.25) is 0 Å². The van der Waals surface area contributed by atoms with Gasteiger partial charge in [0.15, 0.2) is 0 Å². The molecule has 3 aromatic rings. The van der Waals surface area contributed by atoms with E-state index >= 15 is 0 Å². The quantitative estimate of drug-likeness (QED) is 0.296. The second kappa shape index (κ2) is 12.0. The largest absolute Gasteiger partial charge is 0.467 e. The highest BCUT2D eigenvalue weighted by atomic mass is 35.5. The van der Waals surface area contributed by atoms with Crippen molar-refractivity contribution in [3.05, 3.63) is 100 Å². The lowest BCUT2D eigenvalue weighted by molar-refractivity contribution is -0.161. The second-order valence-corrected chi connectivity index (χ2v) is 10.1. The van der Waals surface area contributed by atoms with E-state index < -0.39 is 23.6 Å². The lowest BCUT2D eigenvalue weighted by atomic mass is 9.92. The molecule has 0 saturated heterocycles. The van der Waals surface area contributed by atoms with E-state index in [-0.39, 0.29) is 12.5 Å². The maximum atomic E-state index is 13.1. The molecule has 1 heterocycles. The number of anilines is 1. The van der Waals surface area contributed by atoms with Gasteiger partial charge in [0, 0.05) is 36.3 Å². The summed E-state index contributed by atoms with van der Waals surface area (Å²) in [7, 11) is 2.57. The molecule has 38 heavy (non-hydrogen) atoms. The van der Waals surface area contributed by atoms with Crippen LogP contribution in [0.4, 0.5) is 5.69 Å². The average Bonchev–Trinajstić information content (AvgIpc) is 3.25. The van der Waals surface area contributed by atoms with Crippen LogP contribution in [-0.4, -0.2) is 49.4 Å². The lowest BCUT2D eigenvalue weighted by Crippen LogP contribution is -2.59. The molecule has 0 saturated carbocycles. The molecule has 200 valence electrons. The molecule has 3 aromatic carbocycles. The van der Waals surface area contributed by atoms with Gasteiger partial charge in [-0.25, -0.2) is 9.59 Å². The molecule has 2 atom stereocenters. The van der Waals surface area contributed by atoms with Crippen molar-refractivity contribution < 1.29 is 24.2 Å². The van der Waals surface area contributed by atoms with Crippen LogP contribution in [-0.2, 0) is 38.4 Å². The molecule has 1 unspecified atom stereocenters. The van der Waals surface area contributed by atoms with Gasteiger partial charge in [0.05, 0.1) is 20.3 Å². The van der Waals surface area contributed by atoms with Crippen molar-refractivity contribution in [2.24, 2.45) is 0 Å². The first kappa shape index (κ1) is 27.6. The number of ether oxygens (including phenoxy) is 2. The van der Waals surface area contributed by atoms with E-state index in [2.05, 4.69) is 5.32 Å². The molecule has 1 aliphatic heterocycles. The highest BCUT2D eigenvalue weighted by Crippen LogP contribution is 2.42. The van der Waals surface area contributed by atoms with Crippen LogP contribution in [0.15, 0.2) is 72.8 Å². The van der Waals surface area contributed by atoms with Gasteiger partial charge in [0.25, 0.3) is 0 Å². The molecule has 4 rings (SSSR count). The summed E-state index contributed by atoms with van der Waals surface area (Å²) in [5.41, 5.74) is 2.83. The van der Waals surface area contributed by atoms with E-state index in [1.807, 2.05) is 67.6 Å². The third-order valence-corrected chi connectivity index (χ3v) is 7.24. The number of carbonyl (C=O) groups is 2. The topological polar surface area (TPSA) is 88.1 Å². The standard InChI is InChI=1S/C30H33ClN2O5/c1-20(32-18-27(34)23-10-7-11-25(31)16-23)14-22-12-13-26-24(15-22)17-30(28(35)37-2,29(36)38-3)33(26)19-21-8-5-4-6-9-21/h4-13,15-16,20,27,32,34H,14,17-19H2,1-3H3/t20?,27-/m0/s1. The molecule has 0 bridgehead atoms. The number of nitrogens with zero attached hydrogens (tertiary/aromatic N) is 1. The van der Waals surface area contributed by atoms with Gasteiger partial charge in [-0.15, -0.1) is 0 Å². The Bertz CT molecular complexity index is 1270. The number of hydrogen-bond donors (Lipinski definition) is 2. The Hall–Kier alpha value is -3.39. The number of halogens is 1. The zero-order chi connectivity index (χ0) is 27.3. The van der Waals surface area contributed by atoms with Gasteiger partial charge in [0.2, 0.25) is 5.54 Å². The Balaban J connectivity index is 1.54. The zero-order valence-electron chi connectivity index (χ0n) is 21.8.